The second kappa shape index (κ2) is 4.65. The van der Waals surface area contributed by atoms with Crippen molar-refractivity contribution in [1.29, 1.82) is 0 Å². The fourth-order valence-electron chi connectivity index (χ4n) is 2.19. The molecule has 0 spiro atoms. The molecule has 0 bridgehead atoms. The number of rotatable bonds is 1. The molecule has 0 unspecified atom stereocenters. The molecule has 0 aromatic carbocycles. The average Bonchev–Trinajstić information content (AvgIpc) is 2.44. The summed E-state index contributed by atoms with van der Waals surface area (Å²) in [6.07, 6.45) is 10.5. The monoisotopic (exact) mass is 192 g/mol. The van der Waals surface area contributed by atoms with Crippen molar-refractivity contribution in [3.8, 4) is 0 Å². The second-order valence-corrected chi connectivity index (χ2v) is 4.27. The predicted octanol–water partition coefficient (Wildman–Crippen LogP) is 1.86. The molecule has 14 heavy (non-hydrogen) atoms. The van der Waals surface area contributed by atoms with Crippen LogP contribution in [0.5, 0.6) is 0 Å². The Morgan fingerprint density at radius 1 is 1.14 bits per heavy atom. The SMILES string of the molecule is CN1CCCN(C2=CC=CCC2)CC1. The molecule has 0 aromatic heterocycles. The van der Waals surface area contributed by atoms with E-state index in [1.807, 2.05) is 0 Å². The van der Waals surface area contributed by atoms with Crippen LogP contribution in [-0.4, -0.2) is 43.0 Å². The summed E-state index contributed by atoms with van der Waals surface area (Å²) in [6.45, 7) is 4.90. The van der Waals surface area contributed by atoms with Crippen molar-refractivity contribution in [2.45, 2.75) is 19.3 Å². The van der Waals surface area contributed by atoms with E-state index in [0.29, 0.717) is 0 Å². The van der Waals surface area contributed by atoms with E-state index in [0.717, 1.165) is 0 Å². The van der Waals surface area contributed by atoms with Gasteiger partial charge < -0.3 is 9.80 Å². The van der Waals surface area contributed by atoms with Crippen molar-refractivity contribution in [2.24, 2.45) is 0 Å². The van der Waals surface area contributed by atoms with Gasteiger partial charge in [0.1, 0.15) is 0 Å². The van der Waals surface area contributed by atoms with Gasteiger partial charge >= 0.3 is 0 Å². The summed E-state index contributed by atoms with van der Waals surface area (Å²) >= 11 is 0. The fraction of sp³-hybridized carbons (Fsp3) is 0.667. The van der Waals surface area contributed by atoms with Crippen LogP contribution in [0.2, 0.25) is 0 Å². The van der Waals surface area contributed by atoms with Crippen LogP contribution < -0.4 is 0 Å². The number of likely N-dealkylation sites (N-methyl/N-ethyl adjacent to an activating group) is 1. The second-order valence-electron chi connectivity index (χ2n) is 4.27. The molecule has 0 radical (unpaired) electrons. The Bertz CT molecular complexity index is 243. The van der Waals surface area contributed by atoms with E-state index in [9.17, 15) is 0 Å². The summed E-state index contributed by atoms with van der Waals surface area (Å²) in [5, 5.41) is 0. The molecule has 0 N–H and O–H groups in total. The van der Waals surface area contributed by atoms with E-state index in [4.69, 9.17) is 0 Å². The van der Waals surface area contributed by atoms with Crippen LogP contribution in [0.25, 0.3) is 0 Å². The average molecular weight is 192 g/mol. The summed E-state index contributed by atoms with van der Waals surface area (Å²) in [5.74, 6) is 0. The van der Waals surface area contributed by atoms with Crippen molar-refractivity contribution < 1.29 is 0 Å². The van der Waals surface area contributed by atoms with Crippen molar-refractivity contribution in [3.05, 3.63) is 23.9 Å². The maximum atomic E-state index is 2.56. The van der Waals surface area contributed by atoms with E-state index < -0.39 is 0 Å². The van der Waals surface area contributed by atoms with Gasteiger partial charge in [0.2, 0.25) is 0 Å². The van der Waals surface area contributed by atoms with Crippen LogP contribution in [-0.2, 0) is 0 Å². The predicted molar refractivity (Wildman–Crippen MR) is 60.1 cm³/mol. The first-order valence-electron chi connectivity index (χ1n) is 5.65. The van der Waals surface area contributed by atoms with Gasteiger partial charge in [-0.3, -0.25) is 0 Å². The van der Waals surface area contributed by atoms with Crippen LogP contribution in [0.3, 0.4) is 0 Å². The molecule has 2 nitrogen and oxygen atoms in total. The normalized spacial score (nSPS) is 24.6. The summed E-state index contributed by atoms with van der Waals surface area (Å²) in [7, 11) is 2.22. The standard InChI is InChI=1S/C12H20N2/c1-13-8-5-9-14(11-10-13)12-6-3-2-4-7-12/h2-3,6H,4-5,7-11H2,1H3. The zero-order chi connectivity index (χ0) is 9.80. The first kappa shape index (κ1) is 9.78. The smallest absolute Gasteiger partial charge is 0.0302 e. The third-order valence-electron chi connectivity index (χ3n) is 3.12. The maximum Gasteiger partial charge on any atom is 0.0302 e. The largest absolute Gasteiger partial charge is 0.373 e. The van der Waals surface area contributed by atoms with E-state index >= 15 is 0 Å². The number of nitrogens with zero attached hydrogens (tertiary/aromatic N) is 2. The Kier molecular flexibility index (Phi) is 3.25. The van der Waals surface area contributed by atoms with Crippen molar-refractivity contribution >= 4 is 0 Å². The number of allylic oxidation sites excluding steroid dienone is 4. The highest BCUT2D eigenvalue weighted by molar-refractivity contribution is 5.17. The van der Waals surface area contributed by atoms with Crippen molar-refractivity contribution in [2.75, 3.05) is 33.2 Å². The molecule has 1 heterocycles. The van der Waals surface area contributed by atoms with Gasteiger partial charge in [-0.15, -0.1) is 0 Å². The molecule has 1 aliphatic heterocycles. The highest BCUT2D eigenvalue weighted by Gasteiger charge is 2.14. The molecular formula is C12H20N2. The molecule has 2 rings (SSSR count). The van der Waals surface area contributed by atoms with Crippen LogP contribution >= 0.6 is 0 Å². The van der Waals surface area contributed by atoms with Gasteiger partial charge in [0, 0.05) is 25.3 Å². The van der Waals surface area contributed by atoms with Crippen LogP contribution in [0.1, 0.15) is 19.3 Å². The van der Waals surface area contributed by atoms with Gasteiger partial charge in [-0.25, -0.2) is 0 Å². The molecule has 1 saturated heterocycles. The lowest BCUT2D eigenvalue weighted by molar-refractivity contribution is 0.319. The number of hydrogen-bond acceptors (Lipinski definition) is 2. The molecular weight excluding hydrogens is 172 g/mol. The quantitative estimate of drug-likeness (QED) is 0.625. The Morgan fingerprint density at radius 3 is 2.86 bits per heavy atom. The zero-order valence-electron chi connectivity index (χ0n) is 9.08. The van der Waals surface area contributed by atoms with Crippen LogP contribution in [0, 0.1) is 0 Å². The molecule has 2 heteroatoms. The molecule has 1 aliphatic carbocycles. The molecule has 0 saturated carbocycles. The first-order chi connectivity index (χ1) is 6.86. The summed E-state index contributed by atoms with van der Waals surface area (Å²) in [6, 6.07) is 0. The van der Waals surface area contributed by atoms with Gasteiger partial charge in [-0.1, -0.05) is 12.2 Å². The van der Waals surface area contributed by atoms with Crippen LogP contribution in [0.15, 0.2) is 23.9 Å². The molecule has 0 amide bonds. The van der Waals surface area contributed by atoms with E-state index in [1.54, 1.807) is 5.70 Å². The molecule has 2 aliphatic rings. The van der Waals surface area contributed by atoms with Gasteiger partial charge in [0.15, 0.2) is 0 Å². The molecule has 0 atom stereocenters. The summed E-state index contributed by atoms with van der Waals surface area (Å²) in [4.78, 5) is 4.99. The lowest BCUT2D eigenvalue weighted by Crippen LogP contribution is -2.28. The molecule has 0 aromatic rings. The van der Waals surface area contributed by atoms with E-state index in [1.165, 1.54) is 45.4 Å². The highest BCUT2D eigenvalue weighted by atomic mass is 15.2. The Morgan fingerprint density at radius 2 is 2.07 bits per heavy atom. The molecule has 78 valence electrons. The lowest BCUT2D eigenvalue weighted by Gasteiger charge is -2.26. The van der Waals surface area contributed by atoms with Crippen molar-refractivity contribution in [3.63, 3.8) is 0 Å². The van der Waals surface area contributed by atoms with Crippen LogP contribution in [0.4, 0.5) is 0 Å². The molecule has 1 fully saturated rings. The summed E-state index contributed by atoms with van der Waals surface area (Å²) in [5.41, 5.74) is 1.54. The van der Waals surface area contributed by atoms with E-state index in [2.05, 4.69) is 35.1 Å². The minimum absolute atomic E-state index is 1.20. The Hall–Kier alpha value is -0.760. The minimum Gasteiger partial charge on any atom is -0.373 e. The summed E-state index contributed by atoms with van der Waals surface area (Å²) < 4.78 is 0. The highest BCUT2D eigenvalue weighted by Crippen LogP contribution is 2.17. The Labute approximate surface area is 86.9 Å². The third-order valence-corrected chi connectivity index (χ3v) is 3.12. The maximum absolute atomic E-state index is 2.56. The number of hydrogen-bond donors (Lipinski definition) is 0. The zero-order valence-corrected chi connectivity index (χ0v) is 9.08. The van der Waals surface area contributed by atoms with Gasteiger partial charge in [-0.2, -0.15) is 0 Å². The lowest BCUT2D eigenvalue weighted by atomic mass is 10.1. The van der Waals surface area contributed by atoms with Gasteiger partial charge in [0.25, 0.3) is 0 Å². The van der Waals surface area contributed by atoms with Gasteiger partial charge in [-0.05, 0) is 38.9 Å². The van der Waals surface area contributed by atoms with E-state index in [-0.39, 0.29) is 0 Å². The third kappa shape index (κ3) is 2.38. The first-order valence-corrected chi connectivity index (χ1v) is 5.65. The topological polar surface area (TPSA) is 6.48 Å². The Balaban J connectivity index is 1.96. The fourth-order valence-corrected chi connectivity index (χ4v) is 2.19. The van der Waals surface area contributed by atoms with Crippen molar-refractivity contribution in [1.82, 2.24) is 9.80 Å². The minimum atomic E-state index is 1.20. The van der Waals surface area contributed by atoms with Gasteiger partial charge in [0.05, 0.1) is 0 Å².